The third kappa shape index (κ3) is 3.65. The summed E-state index contributed by atoms with van der Waals surface area (Å²) in [4.78, 5) is 4.15. The second-order valence-electron chi connectivity index (χ2n) is 2.62. The highest BCUT2D eigenvalue weighted by molar-refractivity contribution is 5.85. The van der Waals surface area contributed by atoms with Gasteiger partial charge in [-0.05, 0) is 17.7 Å². The van der Waals surface area contributed by atoms with Gasteiger partial charge in [0.15, 0.2) is 0 Å². The van der Waals surface area contributed by atoms with Crippen molar-refractivity contribution in [2.75, 3.05) is 0 Å². The molecule has 86 valence electrons. The molecule has 1 aromatic rings. The van der Waals surface area contributed by atoms with Crippen molar-refractivity contribution in [1.82, 2.24) is 0 Å². The van der Waals surface area contributed by atoms with Crippen LogP contribution in [0.25, 0.3) is 0 Å². The van der Waals surface area contributed by atoms with E-state index in [1.54, 1.807) is 0 Å². The zero-order valence-corrected chi connectivity index (χ0v) is 8.16. The lowest BCUT2D eigenvalue weighted by Gasteiger charge is -2.09. The van der Waals surface area contributed by atoms with Crippen LogP contribution in [0.4, 0.5) is 17.6 Å². The van der Waals surface area contributed by atoms with Gasteiger partial charge in [0.25, 0.3) is 0 Å². The highest BCUT2D eigenvalue weighted by Gasteiger charge is 2.34. The third-order valence-corrected chi connectivity index (χ3v) is 1.59. The maximum absolute atomic E-state index is 12.7. The zero-order valence-electron chi connectivity index (χ0n) is 7.34. The van der Waals surface area contributed by atoms with E-state index < -0.39 is 17.6 Å². The number of hydrogen-bond donors (Lipinski definition) is 1. The molecular weight excluding hydrogens is 238 g/mol. The van der Waals surface area contributed by atoms with Crippen LogP contribution in [-0.4, -0.2) is 0 Å². The lowest BCUT2D eigenvalue weighted by Crippen LogP contribution is -2.09. The zero-order chi connectivity index (χ0) is 10.8. The van der Waals surface area contributed by atoms with Crippen LogP contribution < -0.4 is 5.90 Å². The molecule has 0 spiro atoms. The molecule has 0 aromatic heterocycles. The lowest BCUT2D eigenvalue weighted by atomic mass is 10.1. The third-order valence-electron chi connectivity index (χ3n) is 1.59. The van der Waals surface area contributed by atoms with Gasteiger partial charge in [-0.1, -0.05) is 6.07 Å². The monoisotopic (exact) mass is 245 g/mol. The van der Waals surface area contributed by atoms with Gasteiger partial charge in [0.05, 0.1) is 12.2 Å². The molecule has 15 heavy (non-hydrogen) atoms. The largest absolute Gasteiger partial charge is 0.419 e. The second-order valence-corrected chi connectivity index (χ2v) is 2.62. The fraction of sp³-hybridized carbons (Fsp3) is 0.250. The van der Waals surface area contributed by atoms with Gasteiger partial charge in [-0.15, -0.1) is 12.4 Å². The van der Waals surface area contributed by atoms with Crippen molar-refractivity contribution in [3.05, 3.63) is 35.1 Å². The summed E-state index contributed by atoms with van der Waals surface area (Å²) in [6.07, 6.45) is -4.70. The van der Waals surface area contributed by atoms with Crippen molar-refractivity contribution >= 4 is 12.4 Å². The van der Waals surface area contributed by atoms with Crippen LogP contribution in [0.2, 0.25) is 0 Å². The van der Waals surface area contributed by atoms with E-state index in [-0.39, 0.29) is 24.6 Å². The minimum atomic E-state index is -4.70. The Bertz CT molecular complexity index is 329. The average Bonchev–Trinajstić information content (AvgIpc) is 2.07. The maximum Gasteiger partial charge on any atom is 0.419 e. The van der Waals surface area contributed by atoms with Crippen molar-refractivity contribution < 1.29 is 22.4 Å². The summed E-state index contributed by atoms with van der Waals surface area (Å²) in [7, 11) is 0. The van der Waals surface area contributed by atoms with Gasteiger partial charge < -0.3 is 0 Å². The van der Waals surface area contributed by atoms with E-state index >= 15 is 0 Å². The number of nitrogens with two attached hydrogens (primary N) is 1. The number of alkyl halides is 3. The standard InChI is InChI=1S/C8H7F4NO.ClH/c9-7-2-1-5(4-14-13)3-6(7)8(10,11)12;/h1-3H,4,13H2;1H. The molecule has 0 heterocycles. The van der Waals surface area contributed by atoms with Crippen LogP contribution in [0.15, 0.2) is 18.2 Å². The number of hydrogen-bond acceptors (Lipinski definition) is 2. The van der Waals surface area contributed by atoms with Gasteiger partial charge in [-0.3, -0.25) is 4.84 Å². The fourth-order valence-corrected chi connectivity index (χ4v) is 0.976. The van der Waals surface area contributed by atoms with Crippen LogP contribution in [-0.2, 0) is 17.6 Å². The van der Waals surface area contributed by atoms with Crippen LogP contribution in [0.3, 0.4) is 0 Å². The molecule has 2 nitrogen and oxygen atoms in total. The Balaban J connectivity index is 0.00000196. The van der Waals surface area contributed by atoms with Crippen molar-refractivity contribution in [1.29, 1.82) is 0 Å². The van der Waals surface area contributed by atoms with Gasteiger partial charge in [0.2, 0.25) is 0 Å². The molecule has 2 N–H and O–H groups in total. The number of benzene rings is 1. The molecule has 0 fully saturated rings. The smallest absolute Gasteiger partial charge is 0.300 e. The average molecular weight is 246 g/mol. The second kappa shape index (κ2) is 5.29. The minimum absolute atomic E-state index is 0. The van der Waals surface area contributed by atoms with E-state index in [2.05, 4.69) is 10.7 Å². The maximum atomic E-state index is 12.7. The van der Waals surface area contributed by atoms with Crippen LogP contribution in [0.5, 0.6) is 0 Å². The molecule has 0 aliphatic carbocycles. The van der Waals surface area contributed by atoms with Crippen molar-refractivity contribution in [2.24, 2.45) is 5.90 Å². The van der Waals surface area contributed by atoms with Crippen molar-refractivity contribution in [3.8, 4) is 0 Å². The summed E-state index contributed by atoms with van der Waals surface area (Å²) in [5.41, 5.74) is -1.15. The van der Waals surface area contributed by atoms with E-state index in [0.29, 0.717) is 6.07 Å². The van der Waals surface area contributed by atoms with E-state index in [1.807, 2.05) is 0 Å². The Morgan fingerprint density at radius 2 is 1.87 bits per heavy atom. The van der Waals surface area contributed by atoms with Crippen molar-refractivity contribution in [3.63, 3.8) is 0 Å². The van der Waals surface area contributed by atoms with E-state index in [1.165, 1.54) is 6.07 Å². The first-order valence-corrected chi connectivity index (χ1v) is 3.62. The topological polar surface area (TPSA) is 35.2 Å². The first-order chi connectivity index (χ1) is 6.45. The molecule has 0 unspecified atom stereocenters. The quantitative estimate of drug-likeness (QED) is 0.642. The Kier molecular flexibility index (Phi) is 4.99. The molecule has 7 heteroatoms. The Labute approximate surface area is 89.4 Å². The van der Waals surface area contributed by atoms with E-state index in [4.69, 9.17) is 0 Å². The van der Waals surface area contributed by atoms with E-state index in [0.717, 1.165) is 6.07 Å². The molecule has 0 saturated carbocycles. The molecule has 0 aliphatic rings. The molecule has 0 aliphatic heterocycles. The normalized spacial score (nSPS) is 11.0. The van der Waals surface area contributed by atoms with E-state index in [9.17, 15) is 17.6 Å². The molecule has 0 bridgehead atoms. The molecule has 0 radical (unpaired) electrons. The van der Waals surface area contributed by atoms with Gasteiger partial charge in [-0.25, -0.2) is 10.3 Å². The lowest BCUT2D eigenvalue weighted by molar-refractivity contribution is -0.140. The Morgan fingerprint density at radius 3 is 2.33 bits per heavy atom. The van der Waals surface area contributed by atoms with Crippen LogP contribution >= 0.6 is 12.4 Å². The van der Waals surface area contributed by atoms with Crippen molar-refractivity contribution in [2.45, 2.75) is 12.8 Å². The molecule has 0 saturated heterocycles. The van der Waals surface area contributed by atoms with Gasteiger partial charge in [0, 0.05) is 0 Å². The molecule has 1 rings (SSSR count). The summed E-state index contributed by atoms with van der Waals surface area (Å²) < 4.78 is 49.2. The number of halogens is 5. The predicted octanol–water partition coefficient (Wildman–Crippen LogP) is 2.66. The van der Waals surface area contributed by atoms with Gasteiger partial charge in [0.1, 0.15) is 5.82 Å². The van der Waals surface area contributed by atoms with Crippen LogP contribution in [0, 0.1) is 5.82 Å². The minimum Gasteiger partial charge on any atom is -0.300 e. The molecule has 1 aromatic carbocycles. The molecule has 0 amide bonds. The predicted molar refractivity (Wildman–Crippen MR) is 47.6 cm³/mol. The first kappa shape index (κ1) is 14.2. The highest BCUT2D eigenvalue weighted by Crippen LogP contribution is 2.31. The summed E-state index contributed by atoms with van der Waals surface area (Å²) in [6, 6.07) is 2.58. The summed E-state index contributed by atoms with van der Waals surface area (Å²) in [5, 5.41) is 0. The molecule has 0 atom stereocenters. The summed E-state index contributed by atoms with van der Waals surface area (Å²) >= 11 is 0. The number of rotatable bonds is 2. The SMILES string of the molecule is Cl.NOCc1ccc(F)c(C(F)(F)F)c1. The first-order valence-electron chi connectivity index (χ1n) is 3.62. The summed E-state index contributed by atoms with van der Waals surface area (Å²) in [6.45, 7) is -0.191. The van der Waals surface area contributed by atoms with Gasteiger partial charge in [-0.2, -0.15) is 13.2 Å². The van der Waals surface area contributed by atoms with Gasteiger partial charge >= 0.3 is 6.18 Å². The molecular formula is C8H8ClF4NO. The highest BCUT2D eigenvalue weighted by atomic mass is 35.5. The Morgan fingerprint density at radius 1 is 1.27 bits per heavy atom. The Hall–Kier alpha value is -0.850. The fourth-order valence-electron chi connectivity index (χ4n) is 0.976. The van der Waals surface area contributed by atoms with Crippen LogP contribution in [0.1, 0.15) is 11.1 Å². The summed E-state index contributed by atoms with van der Waals surface area (Å²) in [5.74, 6) is 3.38.